The lowest BCUT2D eigenvalue weighted by Crippen LogP contribution is -2.22. The fourth-order valence-corrected chi connectivity index (χ4v) is 2.23. The van der Waals surface area contributed by atoms with Crippen molar-refractivity contribution in [2.24, 2.45) is 5.92 Å². The molecule has 0 bridgehead atoms. The minimum Gasteiger partial charge on any atom is -0.319 e. The first-order valence-electron chi connectivity index (χ1n) is 5.57. The second kappa shape index (κ2) is 5.65. The smallest absolute Gasteiger partial charge is 0.126 e. The van der Waals surface area contributed by atoms with Gasteiger partial charge < -0.3 is 5.32 Å². The molecule has 0 fully saturated rings. The first-order valence-corrected chi connectivity index (χ1v) is 5.95. The van der Waals surface area contributed by atoms with Gasteiger partial charge in [-0.05, 0) is 43.1 Å². The van der Waals surface area contributed by atoms with Gasteiger partial charge in [0.05, 0.1) is 0 Å². The van der Waals surface area contributed by atoms with Crippen LogP contribution in [0.2, 0.25) is 5.02 Å². The predicted molar refractivity (Wildman–Crippen MR) is 67.7 cm³/mol. The first-order chi connectivity index (χ1) is 7.47. The van der Waals surface area contributed by atoms with Crippen molar-refractivity contribution in [1.82, 2.24) is 5.32 Å². The van der Waals surface area contributed by atoms with Crippen molar-refractivity contribution in [3.8, 4) is 0 Å². The molecule has 0 saturated carbocycles. The molecule has 0 aliphatic heterocycles. The largest absolute Gasteiger partial charge is 0.319 e. The molecule has 1 rings (SSSR count). The van der Waals surface area contributed by atoms with Gasteiger partial charge in [0.2, 0.25) is 0 Å². The third-order valence-corrected chi connectivity index (χ3v) is 3.23. The second-order valence-corrected chi connectivity index (χ2v) is 4.94. The SMILES string of the molecule is CNCC(c1cc(F)c(C)cc1Cl)C(C)C. The van der Waals surface area contributed by atoms with Gasteiger partial charge in [-0.15, -0.1) is 0 Å². The highest BCUT2D eigenvalue weighted by Crippen LogP contribution is 2.31. The molecule has 90 valence electrons. The number of hydrogen-bond acceptors (Lipinski definition) is 1. The lowest BCUT2D eigenvalue weighted by Gasteiger charge is -2.22. The van der Waals surface area contributed by atoms with E-state index in [1.807, 2.05) is 7.05 Å². The average Bonchev–Trinajstić information content (AvgIpc) is 2.20. The predicted octanol–water partition coefficient (Wildman–Crippen LogP) is 3.75. The van der Waals surface area contributed by atoms with Crippen molar-refractivity contribution in [3.63, 3.8) is 0 Å². The number of halogens is 2. The standard InChI is InChI=1S/C13H19ClFN/c1-8(2)11(7-16-4)10-6-13(15)9(3)5-12(10)14/h5-6,8,11,16H,7H2,1-4H3. The van der Waals surface area contributed by atoms with Gasteiger partial charge in [0, 0.05) is 17.5 Å². The van der Waals surface area contributed by atoms with Crippen molar-refractivity contribution in [2.75, 3.05) is 13.6 Å². The summed E-state index contributed by atoms with van der Waals surface area (Å²) in [7, 11) is 1.90. The maximum atomic E-state index is 13.5. The van der Waals surface area contributed by atoms with Crippen LogP contribution in [0.4, 0.5) is 4.39 Å². The van der Waals surface area contributed by atoms with Gasteiger partial charge in [-0.2, -0.15) is 0 Å². The minimum atomic E-state index is -0.179. The van der Waals surface area contributed by atoms with Gasteiger partial charge in [0.1, 0.15) is 5.82 Å². The Morgan fingerprint density at radius 1 is 1.38 bits per heavy atom. The van der Waals surface area contributed by atoms with Gasteiger partial charge in [0.25, 0.3) is 0 Å². The normalized spacial score (nSPS) is 13.2. The Labute approximate surface area is 102 Å². The lowest BCUT2D eigenvalue weighted by atomic mass is 9.88. The maximum absolute atomic E-state index is 13.5. The van der Waals surface area contributed by atoms with Crippen LogP contribution in [-0.4, -0.2) is 13.6 Å². The number of benzene rings is 1. The number of nitrogens with one attached hydrogen (secondary N) is 1. The van der Waals surface area contributed by atoms with Crippen LogP contribution in [0, 0.1) is 18.7 Å². The fraction of sp³-hybridized carbons (Fsp3) is 0.538. The molecule has 0 amide bonds. The molecule has 1 nitrogen and oxygen atoms in total. The Kier molecular flexibility index (Phi) is 4.75. The molecule has 1 atom stereocenters. The molecule has 0 radical (unpaired) electrons. The summed E-state index contributed by atoms with van der Waals surface area (Å²) in [6, 6.07) is 3.27. The minimum absolute atomic E-state index is 0.179. The highest BCUT2D eigenvalue weighted by atomic mass is 35.5. The molecule has 16 heavy (non-hydrogen) atoms. The Morgan fingerprint density at radius 3 is 2.50 bits per heavy atom. The van der Waals surface area contributed by atoms with Crippen molar-refractivity contribution in [1.29, 1.82) is 0 Å². The van der Waals surface area contributed by atoms with E-state index in [0.717, 1.165) is 12.1 Å². The molecule has 1 N–H and O–H groups in total. The van der Waals surface area contributed by atoms with Crippen molar-refractivity contribution in [3.05, 3.63) is 34.1 Å². The third-order valence-electron chi connectivity index (χ3n) is 2.91. The van der Waals surface area contributed by atoms with Crippen molar-refractivity contribution in [2.45, 2.75) is 26.7 Å². The third kappa shape index (κ3) is 2.96. The van der Waals surface area contributed by atoms with Crippen molar-refractivity contribution < 1.29 is 4.39 Å². The van der Waals surface area contributed by atoms with E-state index in [0.29, 0.717) is 16.5 Å². The fourth-order valence-electron chi connectivity index (χ4n) is 1.87. The zero-order chi connectivity index (χ0) is 12.3. The van der Waals surface area contributed by atoms with Gasteiger partial charge >= 0.3 is 0 Å². The molecule has 0 saturated heterocycles. The van der Waals surface area contributed by atoms with E-state index in [-0.39, 0.29) is 11.7 Å². The molecule has 0 aliphatic rings. The number of aryl methyl sites for hydroxylation is 1. The molecule has 1 unspecified atom stereocenters. The van der Waals surface area contributed by atoms with Crippen LogP contribution in [0.5, 0.6) is 0 Å². The maximum Gasteiger partial charge on any atom is 0.126 e. The summed E-state index contributed by atoms with van der Waals surface area (Å²) in [4.78, 5) is 0. The van der Waals surface area contributed by atoms with Crippen LogP contribution in [-0.2, 0) is 0 Å². The van der Waals surface area contributed by atoms with E-state index in [4.69, 9.17) is 11.6 Å². The summed E-state index contributed by atoms with van der Waals surface area (Å²) >= 11 is 6.18. The first kappa shape index (κ1) is 13.5. The van der Waals surface area contributed by atoms with Crippen LogP contribution in [0.1, 0.15) is 30.9 Å². The van der Waals surface area contributed by atoms with E-state index >= 15 is 0 Å². The Morgan fingerprint density at radius 2 is 2.00 bits per heavy atom. The second-order valence-electron chi connectivity index (χ2n) is 4.53. The van der Waals surface area contributed by atoms with Gasteiger partial charge in [-0.1, -0.05) is 25.4 Å². The topological polar surface area (TPSA) is 12.0 Å². The zero-order valence-electron chi connectivity index (χ0n) is 10.3. The van der Waals surface area contributed by atoms with E-state index in [1.165, 1.54) is 0 Å². The molecular formula is C13H19ClFN. The van der Waals surface area contributed by atoms with Gasteiger partial charge in [-0.25, -0.2) is 4.39 Å². The van der Waals surface area contributed by atoms with Crippen LogP contribution < -0.4 is 5.32 Å². The number of likely N-dealkylation sites (N-methyl/N-ethyl adjacent to an activating group) is 1. The van der Waals surface area contributed by atoms with Crippen LogP contribution in [0.15, 0.2) is 12.1 Å². The summed E-state index contributed by atoms with van der Waals surface area (Å²) in [5, 5.41) is 3.79. The van der Waals surface area contributed by atoms with E-state index in [1.54, 1.807) is 19.1 Å². The summed E-state index contributed by atoms with van der Waals surface area (Å²) in [5.41, 5.74) is 1.50. The molecule has 0 aromatic heterocycles. The van der Waals surface area contributed by atoms with Crippen molar-refractivity contribution >= 4 is 11.6 Å². The zero-order valence-corrected chi connectivity index (χ0v) is 11.0. The number of rotatable bonds is 4. The average molecular weight is 244 g/mol. The van der Waals surface area contributed by atoms with Gasteiger partial charge in [0.15, 0.2) is 0 Å². The quantitative estimate of drug-likeness (QED) is 0.850. The summed E-state index contributed by atoms with van der Waals surface area (Å²) < 4.78 is 13.5. The molecule has 3 heteroatoms. The van der Waals surface area contributed by atoms with Crippen LogP contribution in [0.25, 0.3) is 0 Å². The Balaban J connectivity index is 3.13. The highest BCUT2D eigenvalue weighted by molar-refractivity contribution is 6.31. The van der Waals surface area contributed by atoms with E-state index in [9.17, 15) is 4.39 Å². The monoisotopic (exact) mass is 243 g/mol. The molecule has 1 aromatic carbocycles. The van der Waals surface area contributed by atoms with E-state index < -0.39 is 0 Å². The molecular weight excluding hydrogens is 225 g/mol. The molecule has 0 aliphatic carbocycles. The number of hydrogen-bond donors (Lipinski definition) is 1. The Hall–Kier alpha value is -0.600. The summed E-state index contributed by atoms with van der Waals surface area (Å²) in [6.45, 7) is 6.78. The van der Waals surface area contributed by atoms with Gasteiger partial charge in [-0.3, -0.25) is 0 Å². The highest BCUT2D eigenvalue weighted by Gasteiger charge is 2.19. The summed E-state index contributed by atoms with van der Waals surface area (Å²) in [5.74, 6) is 0.487. The molecule has 1 aromatic rings. The Bertz CT molecular complexity index is 363. The van der Waals surface area contributed by atoms with Crippen LogP contribution in [0.3, 0.4) is 0 Å². The molecule has 0 spiro atoms. The lowest BCUT2D eigenvalue weighted by molar-refractivity contribution is 0.475. The molecule has 0 heterocycles. The van der Waals surface area contributed by atoms with E-state index in [2.05, 4.69) is 19.2 Å². The van der Waals surface area contributed by atoms with Crippen LogP contribution >= 0.6 is 11.6 Å². The summed E-state index contributed by atoms with van der Waals surface area (Å²) in [6.07, 6.45) is 0.